The first-order chi connectivity index (χ1) is 11.8. The molecule has 0 aliphatic carbocycles. The predicted octanol–water partition coefficient (Wildman–Crippen LogP) is 3.82. The van der Waals surface area contributed by atoms with Crippen molar-refractivity contribution < 1.29 is 9.21 Å². The summed E-state index contributed by atoms with van der Waals surface area (Å²) in [4.78, 5) is 14.4. The number of hydrogen-bond donors (Lipinski definition) is 1. The molecule has 1 aromatic heterocycles. The van der Waals surface area contributed by atoms with Gasteiger partial charge in [0.25, 0.3) is 5.91 Å². The van der Waals surface area contributed by atoms with Crippen LogP contribution in [0.2, 0.25) is 0 Å². The van der Waals surface area contributed by atoms with Gasteiger partial charge in [-0.3, -0.25) is 4.79 Å². The Morgan fingerprint density at radius 3 is 2.58 bits per heavy atom. The third kappa shape index (κ3) is 3.85. The van der Waals surface area contributed by atoms with Gasteiger partial charge >= 0.3 is 0 Å². The number of carbonyl (C=O) groups is 1. The normalized spacial score (nSPS) is 15.0. The van der Waals surface area contributed by atoms with E-state index in [1.807, 2.05) is 30.3 Å². The molecule has 5 nitrogen and oxygen atoms in total. The molecule has 0 spiro atoms. The van der Waals surface area contributed by atoms with Gasteiger partial charge in [0.15, 0.2) is 5.88 Å². The first kappa shape index (κ1) is 15.9. The average Bonchev–Trinajstić information content (AvgIpc) is 3.10. The fraction of sp³-hybridized carbons (Fsp3) is 0.263. The molecule has 0 saturated carbocycles. The highest BCUT2D eigenvalue weighted by molar-refractivity contribution is 6.09. The van der Waals surface area contributed by atoms with Crippen molar-refractivity contribution in [2.45, 2.75) is 19.3 Å². The first-order valence-corrected chi connectivity index (χ1v) is 8.09. The Labute approximate surface area is 141 Å². The summed E-state index contributed by atoms with van der Waals surface area (Å²) in [5.41, 5.74) is 0.662. The molecule has 0 unspecified atom stereocenters. The highest BCUT2D eigenvalue weighted by atomic mass is 16.4. The van der Waals surface area contributed by atoms with Crippen LogP contribution in [0.3, 0.4) is 0 Å². The maximum atomic E-state index is 12.2. The van der Waals surface area contributed by atoms with E-state index in [1.165, 1.54) is 12.5 Å². The van der Waals surface area contributed by atoms with Crippen LogP contribution in [-0.2, 0) is 4.79 Å². The SMILES string of the molecule is N#C/C(=C\c1ccc(N2CCCCC2)o1)C(=O)Nc1ccccc1. The average molecular weight is 321 g/mol. The van der Waals surface area contributed by atoms with Gasteiger partial charge in [-0.15, -0.1) is 0 Å². The molecule has 5 heteroatoms. The third-order valence-corrected chi connectivity index (χ3v) is 3.96. The van der Waals surface area contributed by atoms with Crippen molar-refractivity contribution in [3.63, 3.8) is 0 Å². The molecule has 1 amide bonds. The van der Waals surface area contributed by atoms with Crippen molar-refractivity contribution >= 4 is 23.6 Å². The number of rotatable bonds is 4. The summed E-state index contributed by atoms with van der Waals surface area (Å²) in [5, 5.41) is 12.0. The van der Waals surface area contributed by atoms with Crippen LogP contribution < -0.4 is 10.2 Å². The molecule has 1 aliphatic rings. The van der Waals surface area contributed by atoms with E-state index in [9.17, 15) is 10.1 Å². The largest absolute Gasteiger partial charge is 0.441 e. The lowest BCUT2D eigenvalue weighted by atomic mass is 10.1. The highest BCUT2D eigenvalue weighted by Crippen LogP contribution is 2.24. The van der Waals surface area contributed by atoms with Gasteiger partial charge in [-0.1, -0.05) is 18.2 Å². The lowest BCUT2D eigenvalue weighted by Crippen LogP contribution is -2.28. The van der Waals surface area contributed by atoms with Crippen LogP contribution in [0, 0.1) is 11.3 Å². The van der Waals surface area contributed by atoms with Gasteiger partial charge < -0.3 is 14.6 Å². The number of para-hydroxylation sites is 1. The number of piperidine rings is 1. The van der Waals surface area contributed by atoms with Gasteiger partial charge in [0.2, 0.25) is 0 Å². The minimum Gasteiger partial charge on any atom is -0.441 e. The minimum absolute atomic E-state index is 0.0124. The summed E-state index contributed by atoms with van der Waals surface area (Å²) in [6.45, 7) is 1.96. The molecule has 1 N–H and O–H groups in total. The number of hydrogen-bond acceptors (Lipinski definition) is 4. The van der Waals surface area contributed by atoms with Gasteiger partial charge in [-0.2, -0.15) is 5.26 Å². The maximum absolute atomic E-state index is 12.2. The van der Waals surface area contributed by atoms with Crippen molar-refractivity contribution in [1.29, 1.82) is 5.26 Å². The molecule has 122 valence electrons. The van der Waals surface area contributed by atoms with Crippen LogP contribution in [0.1, 0.15) is 25.0 Å². The summed E-state index contributed by atoms with van der Waals surface area (Å²) >= 11 is 0. The van der Waals surface area contributed by atoms with Crippen LogP contribution in [0.15, 0.2) is 52.5 Å². The Balaban J connectivity index is 1.72. The smallest absolute Gasteiger partial charge is 0.266 e. The Morgan fingerprint density at radius 2 is 1.88 bits per heavy atom. The van der Waals surface area contributed by atoms with Crippen molar-refractivity contribution in [1.82, 2.24) is 0 Å². The van der Waals surface area contributed by atoms with Crippen molar-refractivity contribution in [3.8, 4) is 6.07 Å². The molecule has 0 atom stereocenters. The van der Waals surface area contributed by atoms with E-state index in [0.717, 1.165) is 31.8 Å². The van der Waals surface area contributed by atoms with Crippen molar-refractivity contribution in [3.05, 3.63) is 53.8 Å². The van der Waals surface area contributed by atoms with Crippen molar-refractivity contribution in [2.24, 2.45) is 0 Å². The fourth-order valence-corrected chi connectivity index (χ4v) is 2.71. The van der Waals surface area contributed by atoms with Gasteiger partial charge in [0.1, 0.15) is 17.4 Å². The van der Waals surface area contributed by atoms with E-state index in [-0.39, 0.29) is 5.57 Å². The van der Waals surface area contributed by atoms with E-state index in [4.69, 9.17) is 4.42 Å². The third-order valence-electron chi connectivity index (χ3n) is 3.96. The summed E-state index contributed by atoms with van der Waals surface area (Å²) in [6, 6.07) is 14.7. The standard InChI is InChI=1S/C19H19N3O2/c20-14-15(19(23)21-16-7-3-1-4-8-16)13-17-9-10-18(24-17)22-11-5-2-6-12-22/h1,3-4,7-10,13H,2,5-6,11-12H2,(H,21,23)/b15-13+. The Bertz CT molecular complexity index is 765. The number of benzene rings is 1. The summed E-state index contributed by atoms with van der Waals surface area (Å²) < 4.78 is 5.77. The van der Waals surface area contributed by atoms with Gasteiger partial charge in [0, 0.05) is 30.9 Å². The van der Waals surface area contributed by atoms with E-state index in [1.54, 1.807) is 18.2 Å². The molecular weight excluding hydrogens is 302 g/mol. The lowest BCUT2D eigenvalue weighted by Gasteiger charge is -2.25. The minimum atomic E-state index is -0.445. The molecule has 1 aromatic carbocycles. The molecule has 3 rings (SSSR count). The predicted molar refractivity (Wildman–Crippen MR) is 93.4 cm³/mol. The summed E-state index contributed by atoms with van der Waals surface area (Å²) in [6.07, 6.45) is 5.05. The van der Waals surface area contributed by atoms with E-state index in [2.05, 4.69) is 10.2 Å². The van der Waals surface area contributed by atoms with Crippen LogP contribution in [0.4, 0.5) is 11.6 Å². The molecule has 2 heterocycles. The van der Waals surface area contributed by atoms with Gasteiger partial charge in [-0.25, -0.2) is 0 Å². The Hall–Kier alpha value is -3.00. The number of amides is 1. The second kappa shape index (κ2) is 7.51. The highest BCUT2D eigenvalue weighted by Gasteiger charge is 2.15. The summed E-state index contributed by atoms with van der Waals surface area (Å²) in [5.74, 6) is 0.858. The molecule has 0 radical (unpaired) electrons. The maximum Gasteiger partial charge on any atom is 0.266 e. The monoisotopic (exact) mass is 321 g/mol. The number of nitriles is 1. The van der Waals surface area contributed by atoms with Crippen LogP contribution in [0.5, 0.6) is 0 Å². The number of nitrogens with zero attached hydrogens (tertiary/aromatic N) is 2. The molecule has 2 aromatic rings. The van der Waals surface area contributed by atoms with Crippen molar-refractivity contribution in [2.75, 3.05) is 23.3 Å². The molecule has 1 aliphatic heterocycles. The van der Waals surface area contributed by atoms with E-state index in [0.29, 0.717) is 11.4 Å². The van der Waals surface area contributed by atoms with E-state index >= 15 is 0 Å². The fourth-order valence-electron chi connectivity index (χ4n) is 2.71. The second-order valence-corrected chi connectivity index (χ2v) is 5.71. The Kier molecular flexibility index (Phi) is 4.97. The van der Waals surface area contributed by atoms with Crippen LogP contribution in [-0.4, -0.2) is 19.0 Å². The molecule has 0 bridgehead atoms. The zero-order valence-corrected chi connectivity index (χ0v) is 13.4. The number of carbonyl (C=O) groups excluding carboxylic acids is 1. The zero-order chi connectivity index (χ0) is 16.8. The lowest BCUT2D eigenvalue weighted by molar-refractivity contribution is -0.112. The molecule has 24 heavy (non-hydrogen) atoms. The molecular formula is C19H19N3O2. The number of anilines is 2. The van der Waals surface area contributed by atoms with Crippen LogP contribution >= 0.6 is 0 Å². The topological polar surface area (TPSA) is 69.3 Å². The number of furan rings is 1. The Morgan fingerprint density at radius 1 is 1.12 bits per heavy atom. The first-order valence-electron chi connectivity index (χ1n) is 8.09. The van der Waals surface area contributed by atoms with E-state index < -0.39 is 5.91 Å². The van der Waals surface area contributed by atoms with Gasteiger partial charge in [-0.05, 0) is 37.5 Å². The van der Waals surface area contributed by atoms with Gasteiger partial charge in [0.05, 0.1) is 0 Å². The molecule has 1 saturated heterocycles. The zero-order valence-electron chi connectivity index (χ0n) is 13.4. The summed E-state index contributed by atoms with van der Waals surface area (Å²) in [7, 11) is 0. The number of nitrogens with one attached hydrogen (secondary N) is 1. The second-order valence-electron chi connectivity index (χ2n) is 5.71. The van der Waals surface area contributed by atoms with Crippen LogP contribution in [0.25, 0.3) is 6.08 Å². The molecule has 1 fully saturated rings. The quantitative estimate of drug-likeness (QED) is 0.686.